The summed E-state index contributed by atoms with van der Waals surface area (Å²) in [6.45, 7) is 12.0. The fraction of sp³-hybridized carbons (Fsp3) is 0.467. The molecule has 1 aromatic carbocycles. The van der Waals surface area contributed by atoms with E-state index < -0.39 is 5.97 Å². The fourth-order valence-corrected chi connectivity index (χ4v) is 5.72. The van der Waals surface area contributed by atoms with Crippen LogP contribution in [0.4, 0.5) is 5.69 Å². The van der Waals surface area contributed by atoms with Crippen molar-refractivity contribution in [1.82, 2.24) is 14.9 Å². The molecule has 0 atom stereocenters. The number of carboxylic acids is 1. The van der Waals surface area contributed by atoms with Crippen LogP contribution in [0.3, 0.4) is 0 Å². The number of anilines is 1. The maximum absolute atomic E-state index is 11.9. The standard InChI is InChI=1S/C30H38N4O3/c1-4-5-22-18-30(2,3)10-8-23(22)20-33-12-14-34(15-13-33)24-6-7-26(29(35)36)27(17-24)37-25-16-21-9-11-31-28(21)32-19-25/h6-7,9,11,16-17,19H,4-5,8,10,12-15,18,20H2,1-3H3,(H,31,32)(H,35,36). The molecular formula is C30H38N4O3. The van der Waals surface area contributed by atoms with Gasteiger partial charge in [0, 0.05) is 56.1 Å². The van der Waals surface area contributed by atoms with Crippen LogP contribution in [0.2, 0.25) is 0 Å². The first-order valence-electron chi connectivity index (χ1n) is 13.5. The van der Waals surface area contributed by atoms with Gasteiger partial charge in [-0.1, -0.05) is 38.3 Å². The van der Waals surface area contributed by atoms with E-state index in [9.17, 15) is 9.90 Å². The van der Waals surface area contributed by atoms with Gasteiger partial charge in [-0.05, 0) is 55.4 Å². The van der Waals surface area contributed by atoms with E-state index in [-0.39, 0.29) is 5.56 Å². The molecule has 3 heterocycles. The number of H-pyrrole nitrogens is 1. The third-order valence-electron chi connectivity index (χ3n) is 7.80. The molecule has 1 aliphatic heterocycles. The van der Waals surface area contributed by atoms with Gasteiger partial charge in [0.1, 0.15) is 22.7 Å². The summed E-state index contributed by atoms with van der Waals surface area (Å²) in [4.78, 5) is 24.2. The number of piperazine rings is 1. The van der Waals surface area contributed by atoms with Crippen LogP contribution < -0.4 is 9.64 Å². The third-order valence-corrected chi connectivity index (χ3v) is 7.80. The number of ether oxygens (including phenoxy) is 1. The monoisotopic (exact) mass is 502 g/mol. The van der Waals surface area contributed by atoms with E-state index >= 15 is 0 Å². The first-order chi connectivity index (χ1) is 17.8. The highest BCUT2D eigenvalue weighted by Crippen LogP contribution is 2.40. The summed E-state index contributed by atoms with van der Waals surface area (Å²) in [5.41, 5.74) is 5.70. The molecule has 37 heavy (non-hydrogen) atoms. The number of allylic oxidation sites excluding steroid dienone is 1. The molecule has 2 N–H and O–H groups in total. The first kappa shape index (κ1) is 25.3. The van der Waals surface area contributed by atoms with Crippen LogP contribution in [0.5, 0.6) is 11.5 Å². The van der Waals surface area contributed by atoms with Gasteiger partial charge < -0.3 is 19.7 Å². The van der Waals surface area contributed by atoms with E-state index in [0.29, 0.717) is 16.9 Å². The fourth-order valence-electron chi connectivity index (χ4n) is 5.72. The van der Waals surface area contributed by atoms with E-state index in [1.54, 1.807) is 23.4 Å². The molecule has 0 spiro atoms. The molecule has 0 amide bonds. The lowest BCUT2D eigenvalue weighted by Gasteiger charge is -2.39. The normalized spacial score (nSPS) is 18.4. The molecule has 1 saturated heterocycles. The zero-order valence-electron chi connectivity index (χ0n) is 22.2. The number of carbonyl (C=O) groups is 1. The third kappa shape index (κ3) is 5.82. The SMILES string of the molecule is CCCC1=C(CN2CCN(c3ccc(C(=O)O)c(Oc4cnc5[nH]ccc5c4)c3)CC2)CCC(C)(C)C1. The molecule has 3 aromatic rings. The number of benzene rings is 1. The molecule has 0 radical (unpaired) electrons. The van der Waals surface area contributed by atoms with Crippen LogP contribution in [0.1, 0.15) is 63.2 Å². The molecule has 2 aliphatic rings. The topological polar surface area (TPSA) is 81.7 Å². The van der Waals surface area contributed by atoms with Gasteiger partial charge in [-0.25, -0.2) is 9.78 Å². The second-order valence-electron chi connectivity index (χ2n) is 11.2. The minimum Gasteiger partial charge on any atom is -0.478 e. The van der Waals surface area contributed by atoms with Gasteiger partial charge in [-0.15, -0.1) is 0 Å². The summed E-state index contributed by atoms with van der Waals surface area (Å²) in [6, 6.07) is 9.17. The van der Waals surface area contributed by atoms with Crippen LogP contribution in [-0.4, -0.2) is 58.7 Å². The summed E-state index contributed by atoms with van der Waals surface area (Å²) >= 11 is 0. The van der Waals surface area contributed by atoms with Crippen molar-refractivity contribution in [3.05, 3.63) is 59.4 Å². The van der Waals surface area contributed by atoms with Gasteiger partial charge in [0.05, 0.1) is 6.20 Å². The Bertz CT molecular complexity index is 1300. The molecule has 7 heteroatoms. The van der Waals surface area contributed by atoms with Crippen LogP contribution >= 0.6 is 0 Å². The summed E-state index contributed by atoms with van der Waals surface area (Å²) in [5.74, 6) is -0.152. The second kappa shape index (κ2) is 10.6. The number of aromatic amines is 1. The number of aromatic carboxylic acids is 1. The number of rotatable bonds is 8. The number of pyridine rings is 1. The van der Waals surface area contributed by atoms with Crippen molar-refractivity contribution in [3.63, 3.8) is 0 Å². The smallest absolute Gasteiger partial charge is 0.339 e. The predicted molar refractivity (Wildman–Crippen MR) is 148 cm³/mol. The molecule has 5 rings (SSSR count). The second-order valence-corrected chi connectivity index (χ2v) is 11.2. The highest BCUT2D eigenvalue weighted by Gasteiger charge is 2.28. The van der Waals surface area contributed by atoms with Gasteiger partial charge in [-0.3, -0.25) is 4.90 Å². The van der Waals surface area contributed by atoms with Crippen LogP contribution in [0.15, 0.2) is 53.9 Å². The Balaban J connectivity index is 1.27. The largest absolute Gasteiger partial charge is 0.478 e. The Kier molecular flexibility index (Phi) is 7.24. The zero-order chi connectivity index (χ0) is 26.0. The number of hydrogen-bond acceptors (Lipinski definition) is 5. The molecule has 0 bridgehead atoms. The molecular weight excluding hydrogens is 464 g/mol. The van der Waals surface area contributed by atoms with Gasteiger partial charge >= 0.3 is 5.97 Å². The van der Waals surface area contributed by atoms with Gasteiger partial charge in [0.25, 0.3) is 0 Å². The lowest BCUT2D eigenvalue weighted by molar-refractivity contribution is 0.0694. The van der Waals surface area contributed by atoms with Gasteiger partial charge in [0.2, 0.25) is 0 Å². The lowest BCUT2D eigenvalue weighted by atomic mass is 9.73. The zero-order valence-corrected chi connectivity index (χ0v) is 22.2. The minimum absolute atomic E-state index is 0.146. The maximum Gasteiger partial charge on any atom is 0.339 e. The van der Waals surface area contributed by atoms with Crippen molar-refractivity contribution >= 4 is 22.7 Å². The number of hydrogen-bond donors (Lipinski definition) is 2. The molecule has 196 valence electrons. The van der Waals surface area contributed by atoms with Crippen molar-refractivity contribution in [2.24, 2.45) is 5.41 Å². The Morgan fingerprint density at radius 3 is 2.70 bits per heavy atom. The van der Waals surface area contributed by atoms with Crippen LogP contribution in [-0.2, 0) is 0 Å². The summed E-state index contributed by atoms with van der Waals surface area (Å²) < 4.78 is 6.05. The molecule has 1 fully saturated rings. The molecule has 2 aromatic heterocycles. The van der Waals surface area contributed by atoms with Crippen molar-refractivity contribution in [2.45, 2.75) is 52.9 Å². The quantitative estimate of drug-likeness (QED) is 0.343. The van der Waals surface area contributed by atoms with Crippen molar-refractivity contribution in [2.75, 3.05) is 37.6 Å². The highest BCUT2D eigenvalue weighted by molar-refractivity contribution is 5.92. The molecule has 0 unspecified atom stereocenters. The van der Waals surface area contributed by atoms with E-state index in [0.717, 1.165) is 49.4 Å². The Hall–Kier alpha value is -3.32. The van der Waals surface area contributed by atoms with E-state index in [4.69, 9.17) is 4.74 Å². The first-order valence-corrected chi connectivity index (χ1v) is 13.5. The molecule has 1 aliphatic carbocycles. The van der Waals surface area contributed by atoms with Crippen molar-refractivity contribution < 1.29 is 14.6 Å². The Labute approximate surface area is 219 Å². The van der Waals surface area contributed by atoms with E-state index in [1.165, 1.54) is 32.1 Å². The average molecular weight is 503 g/mol. The average Bonchev–Trinajstić information content (AvgIpc) is 3.34. The van der Waals surface area contributed by atoms with Gasteiger partial charge in [-0.2, -0.15) is 0 Å². The summed E-state index contributed by atoms with van der Waals surface area (Å²) in [6.07, 6.45) is 9.62. The number of fused-ring (bicyclic) bond motifs is 1. The Morgan fingerprint density at radius 2 is 1.95 bits per heavy atom. The van der Waals surface area contributed by atoms with Crippen molar-refractivity contribution in [1.29, 1.82) is 0 Å². The molecule has 0 saturated carbocycles. The van der Waals surface area contributed by atoms with E-state index in [1.807, 2.05) is 30.5 Å². The van der Waals surface area contributed by atoms with E-state index in [2.05, 4.69) is 40.5 Å². The predicted octanol–water partition coefficient (Wildman–Crippen LogP) is 6.48. The summed E-state index contributed by atoms with van der Waals surface area (Å²) in [7, 11) is 0. The van der Waals surface area contributed by atoms with Gasteiger partial charge in [0.15, 0.2) is 0 Å². The van der Waals surface area contributed by atoms with Crippen LogP contribution in [0, 0.1) is 5.41 Å². The Morgan fingerprint density at radius 1 is 1.14 bits per heavy atom. The number of nitrogens with zero attached hydrogens (tertiary/aromatic N) is 3. The lowest BCUT2D eigenvalue weighted by Crippen LogP contribution is -2.47. The highest BCUT2D eigenvalue weighted by atomic mass is 16.5. The number of nitrogens with one attached hydrogen (secondary N) is 1. The number of aromatic nitrogens is 2. The number of carboxylic acid groups (broad SMARTS) is 1. The summed E-state index contributed by atoms with van der Waals surface area (Å²) in [5, 5.41) is 10.7. The minimum atomic E-state index is -1.01. The van der Waals surface area contributed by atoms with Crippen LogP contribution in [0.25, 0.3) is 11.0 Å². The molecule has 7 nitrogen and oxygen atoms in total. The maximum atomic E-state index is 11.9. The van der Waals surface area contributed by atoms with Crippen molar-refractivity contribution in [3.8, 4) is 11.5 Å².